The van der Waals surface area contributed by atoms with Crippen LogP contribution in [0.25, 0.3) is 0 Å². The van der Waals surface area contributed by atoms with E-state index < -0.39 is 11.0 Å². The summed E-state index contributed by atoms with van der Waals surface area (Å²) in [7, 11) is 1.76. The Morgan fingerprint density at radius 2 is 2.00 bits per heavy atom. The maximum atomic E-state index is 12.3. The lowest BCUT2D eigenvalue weighted by Gasteiger charge is -2.39. The molecule has 1 aromatic heterocycles. The molecule has 96 valence electrons. The van der Waals surface area contributed by atoms with Crippen molar-refractivity contribution < 1.29 is 9.21 Å². The Morgan fingerprint density at radius 1 is 1.41 bits per heavy atom. The molecule has 0 aliphatic carbocycles. The third-order valence-electron chi connectivity index (χ3n) is 3.47. The second kappa shape index (κ2) is 4.53. The van der Waals surface area contributed by atoms with Crippen LogP contribution in [0.5, 0.6) is 0 Å². The molecular formula is C13H22N2O2. The fraction of sp³-hybridized carbons (Fsp3) is 0.615. The third-order valence-corrected chi connectivity index (χ3v) is 3.47. The molecule has 0 saturated carbocycles. The van der Waals surface area contributed by atoms with Crippen LogP contribution in [0.15, 0.2) is 22.8 Å². The van der Waals surface area contributed by atoms with Gasteiger partial charge in [0.25, 0.3) is 0 Å². The van der Waals surface area contributed by atoms with Crippen molar-refractivity contribution in [3.63, 3.8) is 0 Å². The lowest BCUT2D eigenvalue weighted by Crippen LogP contribution is -2.55. The van der Waals surface area contributed by atoms with Crippen LogP contribution in [-0.2, 0) is 11.3 Å². The van der Waals surface area contributed by atoms with E-state index in [2.05, 4.69) is 0 Å². The van der Waals surface area contributed by atoms with Gasteiger partial charge in [0.05, 0.1) is 18.2 Å². The van der Waals surface area contributed by atoms with Gasteiger partial charge in [0.2, 0.25) is 5.91 Å². The zero-order chi connectivity index (χ0) is 13.3. The Hall–Kier alpha value is -1.29. The number of furan rings is 1. The molecule has 1 heterocycles. The molecule has 0 unspecified atom stereocenters. The molecule has 0 aliphatic rings. The molecule has 0 fully saturated rings. The highest BCUT2D eigenvalue weighted by atomic mass is 16.3. The molecule has 1 amide bonds. The molecule has 0 saturated heterocycles. The van der Waals surface area contributed by atoms with Gasteiger partial charge in [0.1, 0.15) is 5.76 Å². The van der Waals surface area contributed by atoms with Crippen molar-refractivity contribution in [2.45, 2.75) is 39.8 Å². The predicted octanol–water partition coefficient (Wildman–Crippen LogP) is 2.00. The molecule has 1 aromatic rings. The first-order chi connectivity index (χ1) is 7.66. The molecule has 4 nitrogen and oxygen atoms in total. The van der Waals surface area contributed by atoms with Gasteiger partial charge < -0.3 is 15.1 Å². The summed E-state index contributed by atoms with van der Waals surface area (Å²) >= 11 is 0. The molecule has 4 heteroatoms. The maximum Gasteiger partial charge on any atom is 0.230 e. The molecule has 2 N–H and O–H groups in total. The van der Waals surface area contributed by atoms with Crippen LogP contribution in [0, 0.1) is 5.41 Å². The van der Waals surface area contributed by atoms with Crippen molar-refractivity contribution in [3.8, 4) is 0 Å². The Bertz CT molecular complexity index is 375. The van der Waals surface area contributed by atoms with Crippen LogP contribution >= 0.6 is 0 Å². The van der Waals surface area contributed by atoms with E-state index in [1.807, 2.05) is 39.8 Å². The fourth-order valence-corrected chi connectivity index (χ4v) is 1.46. The Morgan fingerprint density at radius 3 is 2.41 bits per heavy atom. The summed E-state index contributed by atoms with van der Waals surface area (Å²) in [5, 5.41) is 0. The summed E-state index contributed by atoms with van der Waals surface area (Å²) < 4.78 is 5.23. The SMILES string of the molecule is CN(Cc1ccco1)C(=O)C(C)(C)C(C)(C)N. The smallest absolute Gasteiger partial charge is 0.230 e. The summed E-state index contributed by atoms with van der Waals surface area (Å²) in [6, 6.07) is 3.66. The number of nitrogens with two attached hydrogens (primary N) is 1. The number of nitrogens with zero attached hydrogens (tertiary/aromatic N) is 1. The van der Waals surface area contributed by atoms with Gasteiger partial charge in [-0.05, 0) is 39.8 Å². The van der Waals surface area contributed by atoms with Gasteiger partial charge in [-0.2, -0.15) is 0 Å². The minimum atomic E-state index is -0.617. The summed E-state index contributed by atoms with van der Waals surface area (Å²) in [6.07, 6.45) is 1.60. The van der Waals surface area contributed by atoms with E-state index in [1.165, 1.54) is 0 Å². The second-order valence-electron chi connectivity index (χ2n) is 5.59. The van der Waals surface area contributed by atoms with E-state index in [0.717, 1.165) is 5.76 Å². The number of carbonyl (C=O) groups excluding carboxylic acids is 1. The zero-order valence-electron chi connectivity index (χ0n) is 11.3. The number of carbonyl (C=O) groups is 1. The fourth-order valence-electron chi connectivity index (χ4n) is 1.46. The lowest BCUT2D eigenvalue weighted by atomic mass is 9.74. The average Bonchev–Trinajstić information content (AvgIpc) is 2.67. The first-order valence-corrected chi connectivity index (χ1v) is 5.73. The first kappa shape index (κ1) is 13.8. The highest BCUT2D eigenvalue weighted by Gasteiger charge is 2.42. The minimum Gasteiger partial charge on any atom is -0.467 e. The highest BCUT2D eigenvalue weighted by Crippen LogP contribution is 2.30. The quantitative estimate of drug-likeness (QED) is 0.872. The van der Waals surface area contributed by atoms with Gasteiger partial charge in [-0.25, -0.2) is 0 Å². The topological polar surface area (TPSA) is 59.5 Å². The molecular weight excluding hydrogens is 216 g/mol. The van der Waals surface area contributed by atoms with Crippen molar-refractivity contribution in [1.82, 2.24) is 4.90 Å². The van der Waals surface area contributed by atoms with Crippen molar-refractivity contribution in [1.29, 1.82) is 0 Å². The Labute approximate surface area is 103 Å². The lowest BCUT2D eigenvalue weighted by molar-refractivity contribution is -0.142. The molecule has 17 heavy (non-hydrogen) atoms. The van der Waals surface area contributed by atoms with Crippen LogP contribution < -0.4 is 5.73 Å². The normalized spacial score (nSPS) is 12.6. The molecule has 0 spiro atoms. The van der Waals surface area contributed by atoms with E-state index >= 15 is 0 Å². The molecule has 0 radical (unpaired) electrons. The van der Waals surface area contributed by atoms with E-state index in [1.54, 1.807) is 18.2 Å². The first-order valence-electron chi connectivity index (χ1n) is 5.73. The number of amides is 1. The highest BCUT2D eigenvalue weighted by molar-refractivity contribution is 5.83. The van der Waals surface area contributed by atoms with Crippen LogP contribution in [0.2, 0.25) is 0 Å². The molecule has 0 bridgehead atoms. The van der Waals surface area contributed by atoms with Crippen LogP contribution in [0.3, 0.4) is 0 Å². The van der Waals surface area contributed by atoms with Gasteiger partial charge in [0.15, 0.2) is 0 Å². The van der Waals surface area contributed by atoms with Crippen LogP contribution in [0.4, 0.5) is 0 Å². The average molecular weight is 238 g/mol. The van der Waals surface area contributed by atoms with Crippen molar-refractivity contribution in [3.05, 3.63) is 24.2 Å². The largest absolute Gasteiger partial charge is 0.467 e. The zero-order valence-corrected chi connectivity index (χ0v) is 11.3. The molecule has 0 atom stereocenters. The van der Waals surface area contributed by atoms with E-state index in [4.69, 9.17) is 10.2 Å². The van der Waals surface area contributed by atoms with Crippen LogP contribution in [0.1, 0.15) is 33.5 Å². The summed E-state index contributed by atoms with van der Waals surface area (Å²) in [5.41, 5.74) is 4.87. The Kier molecular flexibility index (Phi) is 3.67. The molecule has 1 rings (SSSR count). The number of hydrogen-bond acceptors (Lipinski definition) is 3. The van der Waals surface area contributed by atoms with Crippen molar-refractivity contribution in [2.24, 2.45) is 11.1 Å². The summed E-state index contributed by atoms with van der Waals surface area (Å²) in [5.74, 6) is 0.785. The van der Waals surface area contributed by atoms with Gasteiger partial charge >= 0.3 is 0 Å². The van der Waals surface area contributed by atoms with Crippen molar-refractivity contribution >= 4 is 5.91 Å². The van der Waals surface area contributed by atoms with Crippen LogP contribution in [-0.4, -0.2) is 23.4 Å². The van der Waals surface area contributed by atoms with E-state index in [-0.39, 0.29) is 5.91 Å². The minimum absolute atomic E-state index is 0.0152. The second-order valence-corrected chi connectivity index (χ2v) is 5.59. The number of hydrogen-bond donors (Lipinski definition) is 1. The standard InChI is InChI=1S/C13H22N2O2/c1-12(2,13(3,4)14)11(16)15(5)9-10-7-6-8-17-10/h6-8H,9,14H2,1-5H3. The molecule has 0 aromatic carbocycles. The summed E-state index contributed by atoms with van der Waals surface area (Å²) in [4.78, 5) is 14.0. The van der Waals surface area contributed by atoms with Gasteiger partial charge in [-0.1, -0.05) is 0 Å². The van der Waals surface area contributed by atoms with E-state index in [9.17, 15) is 4.79 Å². The number of rotatable bonds is 4. The molecule has 0 aliphatic heterocycles. The third kappa shape index (κ3) is 2.88. The van der Waals surface area contributed by atoms with Gasteiger partial charge in [-0.15, -0.1) is 0 Å². The van der Waals surface area contributed by atoms with Gasteiger partial charge in [-0.3, -0.25) is 4.79 Å². The Balaban J connectivity index is 2.76. The van der Waals surface area contributed by atoms with Gasteiger partial charge in [0, 0.05) is 12.6 Å². The monoisotopic (exact) mass is 238 g/mol. The summed E-state index contributed by atoms with van der Waals surface area (Å²) in [6.45, 7) is 7.94. The predicted molar refractivity (Wildman–Crippen MR) is 67.2 cm³/mol. The van der Waals surface area contributed by atoms with Crippen molar-refractivity contribution in [2.75, 3.05) is 7.05 Å². The van der Waals surface area contributed by atoms with E-state index in [0.29, 0.717) is 6.54 Å². The maximum absolute atomic E-state index is 12.3.